The van der Waals surface area contributed by atoms with Gasteiger partial charge in [-0.15, -0.1) is 6.07 Å². The molecule has 1 heterocycles. The van der Waals surface area contributed by atoms with E-state index in [2.05, 4.69) is 0 Å². The van der Waals surface area contributed by atoms with Crippen molar-refractivity contribution in [3.8, 4) is 11.5 Å². The van der Waals surface area contributed by atoms with Crippen LogP contribution in [0.2, 0.25) is 0 Å². The van der Waals surface area contributed by atoms with Gasteiger partial charge in [-0.1, -0.05) is 0 Å². The molecule has 0 fully saturated rings. The summed E-state index contributed by atoms with van der Waals surface area (Å²) in [4.78, 5) is 0. The Hall–Kier alpha value is -0.981. The molecule has 3 rings (SSSR count). The first-order valence-corrected chi connectivity index (χ1v) is 3.57. The normalized spacial score (nSPS) is 9.67. The van der Waals surface area contributed by atoms with Crippen molar-refractivity contribution in [3.05, 3.63) is 48.5 Å². The fraction of sp³-hybridized carbons (Fsp3) is 0. The molecule has 0 bridgehead atoms. The summed E-state index contributed by atoms with van der Waals surface area (Å²) in [7, 11) is 0. The van der Waals surface area contributed by atoms with Gasteiger partial charge < -0.3 is 4.74 Å². The molecule has 2 aromatic rings. The predicted octanol–water partition coefficient (Wildman–Crippen LogP) is 2.91. The van der Waals surface area contributed by atoms with E-state index in [1.165, 1.54) is 0 Å². The van der Waals surface area contributed by atoms with Gasteiger partial charge in [-0.25, -0.2) is 12.1 Å². The molecule has 1 aliphatic heterocycles. The van der Waals surface area contributed by atoms with Crippen LogP contribution in [0.4, 0.5) is 0 Å². The molecule has 0 unspecified atom stereocenters. The predicted molar refractivity (Wildman–Crippen MR) is 44.1 cm³/mol. The van der Waals surface area contributed by atoms with Crippen molar-refractivity contribution in [3.63, 3.8) is 0 Å². The third-order valence-corrected chi connectivity index (χ3v) is 1.47. The first kappa shape index (κ1) is 9.11. The van der Waals surface area contributed by atoms with Gasteiger partial charge in [0.15, 0.2) is 0 Å². The molecule has 2 heteroatoms. The van der Waals surface area contributed by atoms with Crippen molar-refractivity contribution in [1.82, 2.24) is 0 Å². The zero-order valence-corrected chi connectivity index (χ0v) is 7.48. The van der Waals surface area contributed by atoms with E-state index in [0.29, 0.717) is 0 Å². The number of hydrogen-bond donors (Lipinski definition) is 0. The zero-order chi connectivity index (χ0) is 7.52. The molecule has 0 saturated carbocycles. The van der Waals surface area contributed by atoms with E-state index in [9.17, 15) is 0 Å². The van der Waals surface area contributed by atoms with Crippen molar-refractivity contribution in [1.29, 1.82) is 0 Å². The van der Waals surface area contributed by atoms with Crippen LogP contribution in [0.1, 0.15) is 0 Å². The smallest absolute Gasteiger partial charge is 0.565 e. The summed E-state index contributed by atoms with van der Waals surface area (Å²) < 4.78 is 4.84. The van der Waals surface area contributed by atoms with Crippen LogP contribution in [-0.2, 0) is 17.1 Å². The summed E-state index contributed by atoms with van der Waals surface area (Å²) in [5, 5.41) is 0. The van der Waals surface area contributed by atoms with E-state index in [1.807, 2.05) is 48.5 Å². The SMILES string of the molecule is [Fe+2].c1cc2[c-](c1)O2.c1cc[cH-]c1. The number of hydrogen-bond acceptors (Lipinski definition) is 1. The van der Waals surface area contributed by atoms with E-state index in [0.717, 1.165) is 11.5 Å². The van der Waals surface area contributed by atoms with Crippen LogP contribution < -0.4 is 4.74 Å². The van der Waals surface area contributed by atoms with Crippen LogP contribution in [-0.4, -0.2) is 0 Å². The van der Waals surface area contributed by atoms with Gasteiger partial charge in [0.1, 0.15) is 0 Å². The van der Waals surface area contributed by atoms with Gasteiger partial charge in [0.2, 0.25) is 0 Å². The quantitative estimate of drug-likeness (QED) is 0.308. The first-order valence-electron chi connectivity index (χ1n) is 3.57. The molecule has 2 aromatic carbocycles. The van der Waals surface area contributed by atoms with Gasteiger partial charge in [-0.05, 0) is 5.75 Å². The topological polar surface area (TPSA) is 12.5 Å². The molecule has 0 radical (unpaired) electrons. The maximum absolute atomic E-state index is 4.84. The third kappa shape index (κ3) is 2.26. The monoisotopic (exact) mass is 200 g/mol. The van der Waals surface area contributed by atoms with E-state index in [4.69, 9.17) is 4.74 Å². The summed E-state index contributed by atoms with van der Waals surface area (Å²) in [5.41, 5.74) is 0. The molecule has 1 nitrogen and oxygen atoms in total. The van der Waals surface area contributed by atoms with E-state index in [1.54, 1.807) is 0 Å². The Bertz CT molecular complexity index is 274. The summed E-state index contributed by atoms with van der Waals surface area (Å²) in [5.74, 6) is 2.10. The minimum atomic E-state index is 0. The molecular weight excluding hydrogens is 192 g/mol. The molecule has 12 heavy (non-hydrogen) atoms. The van der Waals surface area contributed by atoms with E-state index >= 15 is 0 Å². The summed E-state index contributed by atoms with van der Waals surface area (Å²) >= 11 is 0. The van der Waals surface area contributed by atoms with Crippen LogP contribution in [0.3, 0.4) is 0 Å². The molecule has 1 aliphatic rings. The van der Waals surface area contributed by atoms with Gasteiger partial charge in [-0.2, -0.15) is 30.3 Å². The minimum Gasteiger partial charge on any atom is -0.565 e. The van der Waals surface area contributed by atoms with Crippen molar-refractivity contribution in [2.75, 3.05) is 0 Å². The Balaban J connectivity index is 0.000000113. The third-order valence-electron chi connectivity index (χ3n) is 1.47. The maximum Gasteiger partial charge on any atom is 2.00 e. The molecule has 0 aromatic heterocycles. The average molecular weight is 200 g/mol. The van der Waals surface area contributed by atoms with Gasteiger partial charge in [-0.3, -0.25) is 0 Å². The van der Waals surface area contributed by atoms with Crippen LogP contribution in [0.25, 0.3) is 0 Å². The second-order valence-corrected chi connectivity index (χ2v) is 2.32. The Morgan fingerprint density at radius 2 is 1.92 bits per heavy atom. The zero-order valence-electron chi connectivity index (χ0n) is 6.38. The number of rotatable bonds is 0. The van der Waals surface area contributed by atoms with Crippen molar-refractivity contribution in [2.24, 2.45) is 0 Å². The second-order valence-electron chi connectivity index (χ2n) is 2.32. The molecular formula is C10H8FeO. The van der Waals surface area contributed by atoms with Crippen molar-refractivity contribution in [2.45, 2.75) is 0 Å². The van der Waals surface area contributed by atoms with E-state index < -0.39 is 0 Å². The average Bonchev–Trinajstić information content (AvgIpc) is 2.62. The van der Waals surface area contributed by atoms with Crippen LogP contribution in [0.15, 0.2) is 48.5 Å². The largest absolute Gasteiger partial charge is 2.00 e. The Morgan fingerprint density at radius 1 is 1.17 bits per heavy atom. The van der Waals surface area contributed by atoms with Gasteiger partial charge >= 0.3 is 17.1 Å². The molecule has 0 spiro atoms. The fourth-order valence-corrected chi connectivity index (χ4v) is 0.869. The Morgan fingerprint density at radius 3 is 2.08 bits per heavy atom. The standard InChI is InChI=1S/C5H3O.C5H5.Fe/c1-2-4-5(3-1)6-4;1-2-4-5-3-1;/h1-3H;1-5H;/q2*-1;+2. The second kappa shape index (κ2) is 4.15. The van der Waals surface area contributed by atoms with Gasteiger partial charge in [0.05, 0.1) is 0 Å². The molecule has 0 saturated heterocycles. The van der Waals surface area contributed by atoms with Crippen LogP contribution in [0, 0.1) is 0 Å². The first-order chi connectivity index (χ1) is 5.47. The Labute approximate surface area is 82.2 Å². The van der Waals surface area contributed by atoms with Crippen LogP contribution in [0.5, 0.6) is 11.5 Å². The van der Waals surface area contributed by atoms with E-state index in [-0.39, 0.29) is 17.1 Å². The molecule has 0 atom stereocenters. The number of fused-ring (bicyclic) bond motifs is 1. The molecule has 0 aliphatic carbocycles. The fourth-order valence-electron chi connectivity index (χ4n) is 0.869. The Kier molecular flexibility index (Phi) is 3.15. The van der Waals surface area contributed by atoms with Gasteiger partial charge in [0, 0.05) is 5.75 Å². The molecule has 0 N–H and O–H groups in total. The summed E-state index contributed by atoms with van der Waals surface area (Å²) in [6.45, 7) is 0. The van der Waals surface area contributed by atoms with Crippen molar-refractivity contribution < 1.29 is 21.8 Å². The summed E-state index contributed by atoms with van der Waals surface area (Å²) in [6, 6.07) is 15.9. The maximum atomic E-state index is 4.84. The van der Waals surface area contributed by atoms with Crippen LogP contribution >= 0.6 is 0 Å². The molecule has 62 valence electrons. The molecule has 0 amide bonds. The summed E-state index contributed by atoms with van der Waals surface area (Å²) in [6.07, 6.45) is 0. The van der Waals surface area contributed by atoms with Gasteiger partial charge in [0.25, 0.3) is 0 Å². The van der Waals surface area contributed by atoms with Crippen molar-refractivity contribution >= 4 is 0 Å². The minimum absolute atomic E-state index is 0. The number of ether oxygens (including phenoxy) is 1.